The highest BCUT2D eigenvalue weighted by Gasteiger charge is 2.49. The zero-order valence-electron chi connectivity index (χ0n) is 12.0. The lowest BCUT2D eigenvalue weighted by Crippen LogP contribution is -2.37. The summed E-state index contributed by atoms with van der Waals surface area (Å²) in [6.45, 7) is 8.59. The van der Waals surface area contributed by atoms with Crippen molar-refractivity contribution in [1.29, 1.82) is 0 Å². The molecule has 1 aliphatic heterocycles. The van der Waals surface area contributed by atoms with Crippen molar-refractivity contribution in [1.82, 2.24) is 5.32 Å². The molecule has 1 N–H and O–H groups in total. The third-order valence-electron chi connectivity index (χ3n) is 3.88. The van der Waals surface area contributed by atoms with Crippen LogP contribution in [0.1, 0.15) is 45.7 Å². The van der Waals surface area contributed by atoms with Crippen LogP contribution in [0.15, 0.2) is 6.07 Å². The molecule has 0 spiro atoms. The van der Waals surface area contributed by atoms with Crippen LogP contribution in [0.4, 0.5) is 0 Å². The summed E-state index contributed by atoms with van der Waals surface area (Å²) in [5.74, 6) is 0.357. The van der Waals surface area contributed by atoms with Crippen LogP contribution < -0.4 is 5.32 Å². The number of halogens is 2. The molecule has 1 aromatic rings. The average molecular weight is 322 g/mol. The van der Waals surface area contributed by atoms with Crippen molar-refractivity contribution < 1.29 is 4.74 Å². The molecule has 5 heteroatoms. The second-order valence-corrected chi connectivity index (χ2v) is 8.61. The zero-order valence-corrected chi connectivity index (χ0v) is 14.3. The smallest absolute Gasteiger partial charge is 0.0992 e. The van der Waals surface area contributed by atoms with Gasteiger partial charge in [-0.2, -0.15) is 0 Å². The normalized spacial score (nSPS) is 26.6. The largest absolute Gasteiger partial charge is 0.369 e. The second-order valence-electron chi connectivity index (χ2n) is 6.32. The number of rotatable bonds is 3. The topological polar surface area (TPSA) is 21.3 Å². The standard InChI is InChI=1S/C14H21Cl2NOS/c1-13(2)7-9(14(3,4)18-13)11(17-5)8-6-10(15)19-12(8)16/h6,9,11,17H,7H2,1-5H3. The molecule has 2 unspecified atom stereocenters. The van der Waals surface area contributed by atoms with E-state index in [4.69, 9.17) is 27.9 Å². The van der Waals surface area contributed by atoms with Gasteiger partial charge in [0.15, 0.2) is 0 Å². The van der Waals surface area contributed by atoms with E-state index in [-0.39, 0.29) is 17.2 Å². The van der Waals surface area contributed by atoms with Gasteiger partial charge in [-0.05, 0) is 47.2 Å². The molecule has 2 atom stereocenters. The summed E-state index contributed by atoms with van der Waals surface area (Å²) >= 11 is 13.8. The van der Waals surface area contributed by atoms with Crippen molar-refractivity contribution in [2.45, 2.75) is 51.4 Å². The maximum Gasteiger partial charge on any atom is 0.0992 e. The Morgan fingerprint density at radius 3 is 2.37 bits per heavy atom. The molecular formula is C14H21Cl2NOS. The summed E-state index contributed by atoms with van der Waals surface area (Å²) in [6, 6.07) is 2.13. The van der Waals surface area contributed by atoms with E-state index in [2.05, 4.69) is 33.0 Å². The Bertz CT molecular complexity index is 470. The van der Waals surface area contributed by atoms with Crippen molar-refractivity contribution in [2.24, 2.45) is 5.92 Å². The van der Waals surface area contributed by atoms with Crippen LogP contribution in [0.2, 0.25) is 8.67 Å². The first-order valence-electron chi connectivity index (χ1n) is 6.48. The lowest BCUT2D eigenvalue weighted by molar-refractivity contribution is -0.0776. The van der Waals surface area contributed by atoms with Crippen molar-refractivity contribution in [3.05, 3.63) is 20.3 Å². The van der Waals surface area contributed by atoms with Gasteiger partial charge in [0.25, 0.3) is 0 Å². The van der Waals surface area contributed by atoms with Gasteiger partial charge < -0.3 is 10.1 Å². The summed E-state index contributed by atoms with van der Waals surface area (Å²) in [7, 11) is 1.97. The molecule has 1 fully saturated rings. The van der Waals surface area contributed by atoms with E-state index >= 15 is 0 Å². The number of nitrogens with one attached hydrogen (secondary N) is 1. The van der Waals surface area contributed by atoms with Gasteiger partial charge >= 0.3 is 0 Å². The minimum Gasteiger partial charge on any atom is -0.369 e. The Kier molecular flexibility index (Phi) is 4.26. The molecule has 0 aliphatic carbocycles. The van der Waals surface area contributed by atoms with Crippen LogP contribution in [0.5, 0.6) is 0 Å². The number of thiophene rings is 1. The minimum atomic E-state index is -0.186. The van der Waals surface area contributed by atoms with E-state index in [1.54, 1.807) is 0 Å². The summed E-state index contributed by atoms with van der Waals surface area (Å²) < 4.78 is 7.69. The average Bonchev–Trinajstić information content (AvgIpc) is 2.66. The van der Waals surface area contributed by atoms with Crippen molar-refractivity contribution in [2.75, 3.05) is 7.05 Å². The quantitative estimate of drug-likeness (QED) is 0.854. The van der Waals surface area contributed by atoms with Crippen LogP contribution in [0, 0.1) is 5.92 Å². The SMILES string of the molecule is CNC(c1cc(Cl)sc1Cl)C1CC(C)(C)OC1(C)C. The predicted octanol–water partition coefficient (Wildman–Crippen LogP) is 4.91. The van der Waals surface area contributed by atoms with Crippen LogP contribution in [0.25, 0.3) is 0 Å². The molecule has 2 rings (SSSR count). The van der Waals surface area contributed by atoms with Gasteiger partial charge in [-0.1, -0.05) is 23.2 Å². The molecule has 0 radical (unpaired) electrons. The molecule has 19 heavy (non-hydrogen) atoms. The maximum absolute atomic E-state index is 6.31. The molecule has 2 nitrogen and oxygen atoms in total. The van der Waals surface area contributed by atoms with Gasteiger partial charge in [-0.15, -0.1) is 11.3 Å². The van der Waals surface area contributed by atoms with Gasteiger partial charge in [0, 0.05) is 17.5 Å². The molecule has 0 aromatic carbocycles. The van der Waals surface area contributed by atoms with Crippen molar-refractivity contribution in [3.8, 4) is 0 Å². The Balaban J connectivity index is 2.35. The molecule has 1 saturated heterocycles. The number of ether oxygens (including phenoxy) is 1. The Hall–Kier alpha value is 0.200. The first-order chi connectivity index (χ1) is 8.66. The highest BCUT2D eigenvalue weighted by Crippen LogP contribution is 2.49. The third-order valence-corrected chi connectivity index (χ3v) is 5.39. The molecule has 0 amide bonds. The van der Waals surface area contributed by atoms with Crippen LogP contribution in [-0.2, 0) is 4.74 Å². The van der Waals surface area contributed by atoms with E-state index in [0.717, 1.165) is 20.7 Å². The Morgan fingerprint density at radius 2 is 2.00 bits per heavy atom. The first kappa shape index (κ1) is 15.6. The van der Waals surface area contributed by atoms with Crippen molar-refractivity contribution in [3.63, 3.8) is 0 Å². The van der Waals surface area contributed by atoms with Crippen molar-refractivity contribution >= 4 is 34.5 Å². The predicted molar refractivity (Wildman–Crippen MR) is 83.5 cm³/mol. The summed E-state index contributed by atoms with van der Waals surface area (Å²) in [6.07, 6.45) is 0.995. The van der Waals surface area contributed by atoms with E-state index in [9.17, 15) is 0 Å². The minimum absolute atomic E-state index is 0.102. The molecule has 0 bridgehead atoms. The molecule has 108 valence electrons. The Labute approximate surface area is 129 Å². The van der Waals surface area contributed by atoms with E-state index < -0.39 is 0 Å². The van der Waals surface area contributed by atoms with E-state index in [1.165, 1.54) is 11.3 Å². The van der Waals surface area contributed by atoms with E-state index in [1.807, 2.05) is 13.1 Å². The highest BCUT2D eigenvalue weighted by atomic mass is 35.5. The number of hydrogen-bond acceptors (Lipinski definition) is 3. The number of hydrogen-bond donors (Lipinski definition) is 1. The van der Waals surface area contributed by atoms with Gasteiger partial charge in [0.1, 0.15) is 0 Å². The summed E-state index contributed by atoms with van der Waals surface area (Å²) in [4.78, 5) is 0. The fraction of sp³-hybridized carbons (Fsp3) is 0.714. The zero-order chi connectivity index (χ0) is 14.4. The first-order valence-corrected chi connectivity index (χ1v) is 8.06. The van der Waals surface area contributed by atoms with Gasteiger partial charge in [0.2, 0.25) is 0 Å². The molecule has 1 aliphatic rings. The fourth-order valence-electron chi connectivity index (χ4n) is 3.26. The summed E-state index contributed by atoms with van der Waals surface area (Å²) in [5, 5.41) is 3.39. The fourth-order valence-corrected chi connectivity index (χ4v) is 4.81. The maximum atomic E-state index is 6.31. The monoisotopic (exact) mass is 321 g/mol. The second kappa shape index (κ2) is 5.19. The molecule has 1 aromatic heterocycles. The van der Waals surface area contributed by atoms with Gasteiger partial charge in [-0.25, -0.2) is 0 Å². The molecule has 2 heterocycles. The molecular weight excluding hydrogens is 301 g/mol. The van der Waals surface area contributed by atoms with Crippen LogP contribution in [-0.4, -0.2) is 18.2 Å². The van der Waals surface area contributed by atoms with Crippen LogP contribution >= 0.6 is 34.5 Å². The van der Waals surface area contributed by atoms with Gasteiger partial charge in [-0.3, -0.25) is 0 Å². The lowest BCUT2D eigenvalue weighted by Gasteiger charge is -2.32. The highest BCUT2D eigenvalue weighted by molar-refractivity contribution is 7.20. The Morgan fingerprint density at radius 1 is 1.37 bits per heavy atom. The molecule has 0 saturated carbocycles. The van der Waals surface area contributed by atoms with E-state index in [0.29, 0.717) is 5.92 Å². The third kappa shape index (κ3) is 3.11. The lowest BCUT2D eigenvalue weighted by atomic mass is 9.79. The van der Waals surface area contributed by atoms with Crippen LogP contribution in [0.3, 0.4) is 0 Å². The summed E-state index contributed by atoms with van der Waals surface area (Å²) in [5.41, 5.74) is 0.795. The van der Waals surface area contributed by atoms with Gasteiger partial charge in [0.05, 0.1) is 19.9 Å².